The Morgan fingerprint density at radius 2 is 2.31 bits per heavy atom. The summed E-state index contributed by atoms with van der Waals surface area (Å²) in [4.78, 5) is 0. The molecule has 1 heteroatoms. The molecule has 0 N–H and O–H groups in total. The predicted octanol–water partition coefficient (Wildman–Crippen LogP) is 3.16. The molecule has 13 heavy (non-hydrogen) atoms. The zero-order valence-electron chi connectivity index (χ0n) is 8.97. The summed E-state index contributed by atoms with van der Waals surface area (Å²) in [6.07, 6.45) is 7.49. The topological polar surface area (TPSA) is 9.23 Å². The van der Waals surface area contributed by atoms with Gasteiger partial charge in [0, 0.05) is 7.11 Å². The molecule has 1 fully saturated rings. The first-order valence-corrected chi connectivity index (χ1v) is 5.40. The van der Waals surface area contributed by atoms with Gasteiger partial charge in [-0.3, -0.25) is 0 Å². The molecule has 0 radical (unpaired) electrons. The SMILES string of the molecule is COC12CCC(C)C(CC=C1C)C2. The van der Waals surface area contributed by atoms with Crippen molar-refractivity contribution in [3.05, 3.63) is 11.6 Å². The molecule has 3 atom stereocenters. The van der Waals surface area contributed by atoms with Crippen LogP contribution in [0.25, 0.3) is 0 Å². The van der Waals surface area contributed by atoms with Gasteiger partial charge in [-0.15, -0.1) is 0 Å². The van der Waals surface area contributed by atoms with Gasteiger partial charge in [0.1, 0.15) is 0 Å². The van der Waals surface area contributed by atoms with Gasteiger partial charge >= 0.3 is 0 Å². The van der Waals surface area contributed by atoms with E-state index in [2.05, 4.69) is 19.9 Å². The Bertz CT molecular complexity index is 231. The molecule has 0 aromatic heterocycles. The molecule has 0 aromatic carbocycles. The third kappa shape index (κ3) is 1.34. The molecule has 0 saturated heterocycles. The van der Waals surface area contributed by atoms with Gasteiger partial charge < -0.3 is 4.74 Å². The lowest BCUT2D eigenvalue weighted by Crippen LogP contribution is -2.43. The number of allylic oxidation sites excluding steroid dienone is 1. The van der Waals surface area contributed by atoms with Gasteiger partial charge in [0.25, 0.3) is 0 Å². The van der Waals surface area contributed by atoms with Gasteiger partial charge in [0.2, 0.25) is 0 Å². The third-order valence-corrected chi connectivity index (χ3v) is 4.24. The van der Waals surface area contributed by atoms with Crippen molar-refractivity contribution < 1.29 is 4.74 Å². The summed E-state index contributed by atoms with van der Waals surface area (Å²) >= 11 is 0. The molecule has 0 heterocycles. The van der Waals surface area contributed by atoms with Crippen LogP contribution in [-0.2, 0) is 4.74 Å². The average molecular weight is 180 g/mol. The van der Waals surface area contributed by atoms with Crippen molar-refractivity contribution in [3.8, 4) is 0 Å². The molecule has 2 rings (SSSR count). The van der Waals surface area contributed by atoms with Crippen LogP contribution in [0, 0.1) is 11.8 Å². The first-order chi connectivity index (χ1) is 6.18. The maximum atomic E-state index is 5.74. The van der Waals surface area contributed by atoms with Crippen molar-refractivity contribution in [2.24, 2.45) is 11.8 Å². The average Bonchev–Trinajstić information content (AvgIpc) is 2.16. The van der Waals surface area contributed by atoms with Crippen molar-refractivity contribution in [2.75, 3.05) is 7.11 Å². The second-order valence-corrected chi connectivity index (χ2v) is 4.80. The molecular formula is C12H20O. The maximum Gasteiger partial charge on any atom is 0.0888 e. The molecule has 0 amide bonds. The highest BCUT2D eigenvalue weighted by molar-refractivity contribution is 5.21. The molecule has 0 aromatic rings. The van der Waals surface area contributed by atoms with E-state index in [4.69, 9.17) is 4.74 Å². The van der Waals surface area contributed by atoms with Crippen molar-refractivity contribution in [1.82, 2.24) is 0 Å². The molecule has 2 aliphatic carbocycles. The van der Waals surface area contributed by atoms with Gasteiger partial charge in [-0.1, -0.05) is 13.0 Å². The quantitative estimate of drug-likeness (QED) is 0.563. The van der Waals surface area contributed by atoms with Gasteiger partial charge in [0.05, 0.1) is 5.60 Å². The van der Waals surface area contributed by atoms with Gasteiger partial charge in [-0.05, 0) is 50.0 Å². The normalized spacial score (nSPS) is 44.4. The fourth-order valence-electron chi connectivity index (χ4n) is 2.96. The van der Waals surface area contributed by atoms with E-state index in [9.17, 15) is 0 Å². The first kappa shape index (κ1) is 9.26. The lowest BCUT2D eigenvalue weighted by molar-refractivity contribution is -0.0451. The summed E-state index contributed by atoms with van der Waals surface area (Å²) in [6, 6.07) is 0. The lowest BCUT2D eigenvalue weighted by atomic mass is 9.65. The van der Waals surface area contributed by atoms with Crippen LogP contribution in [-0.4, -0.2) is 12.7 Å². The summed E-state index contributed by atoms with van der Waals surface area (Å²) < 4.78 is 5.74. The smallest absolute Gasteiger partial charge is 0.0888 e. The standard InChI is InChI=1S/C12H20O/c1-9-6-7-12(13-3)8-11(9)5-4-10(12)2/h4,9,11H,5-8H2,1-3H3. The van der Waals surface area contributed by atoms with Crippen LogP contribution in [0.3, 0.4) is 0 Å². The second kappa shape index (κ2) is 3.13. The highest BCUT2D eigenvalue weighted by atomic mass is 16.5. The largest absolute Gasteiger partial charge is 0.374 e. The minimum atomic E-state index is 0.120. The van der Waals surface area contributed by atoms with Crippen molar-refractivity contribution in [2.45, 2.75) is 45.1 Å². The van der Waals surface area contributed by atoms with Crippen molar-refractivity contribution in [1.29, 1.82) is 0 Å². The number of hydrogen-bond acceptors (Lipinski definition) is 1. The molecular weight excluding hydrogens is 160 g/mol. The van der Waals surface area contributed by atoms with E-state index < -0.39 is 0 Å². The minimum absolute atomic E-state index is 0.120. The van der Waals surface area contributed by atoms with E-state index in [0.29, 0.717) is 0 Å². The summed E-state index contributed by atoms with van der Waals surface area (Å²) in [5.41, 5.74) is 1.59. The van der Waals surface area contributed by atoms with E-state index in [1.807, 2.05) is 7.11 Å². The van der Waals surface area contributed by atoms with Crippen LogP contribution in [0.1, 0.15) is 39.5 Å². The van der Waals surface area contributed by atoms with Crippen LogP contribution in [0.15, 0.2) is 11.6 Å². The van der Waals surface area contributed by atoms with Gasteiger partial charge in [0.15, 0.2) is 0 Å². The predicted molar refractivity (Wildman–Crippen MR) is 54.6 cm³/mol. The van der Waals surface area contributed by atoms with E-state index in [0.717, 1.165) is 11.8 Å². The Hall–Kier alpha value is -0.300. The lowest BCUT2D eigenvalue weighted by Gasteiger charge is -2.46. The molecule has 2 aliphatic rings. The first-order valence-electron chi connectivity index (χ1n) is 5.40. The highest BCUT2D eigenvalue weighted by Gasteiger charge is 2.42. The fourth-order valence-corrected chi connectivity index (χ4v) is 2.96. The van der Waals surface area contributed by atoms with Crippen LogP contribution in [0.4, 0.5) is 0 Å². The van der Waals surface area contributed by atoms with E-state index >= 15 is 0 Å². The van der Waals surface area contributed by atoms with E-state index in [1.165, 1.54) is 31.3 Å². The molecule has 74 valence electrons. The highest BCUT2D eigenvalue weighted by Crippen LogP contribution is 2.47. The Morgan fingerprint density at radius 1 is 1.54 bits per heavy atom. The molecule has 1 nitrogen and oxygen atoms in total. The molecule has 0 spiro atoms. The summed E-state index contributed by atoms with van der Waals surface area (Å²) in [5.74, 6) is 1.77. The Morgan fingerprint density at radius 3 is 3.00 bits per heavy atom. The zero-order valence-corrected chi connectivity index (χ0v) is 8.97. The van der Waals surface area contributed by atoms with Gasteiger partial charge in [-0.2, -0.15) is 0 Å². The number of hydrogen-bond donors (Lipinski definition) is 0. The van der Waals surface area contributed by atoms with Crippen molar-refractivity contribution in [3.63, 3.8) is 0 Å². The maximum absolute atomic E-state index is 5.74. The zero-order chi connectivity index (χ0) is 9.47. The Labute approximate surface area is 81.2 Å². The van der Waals surface area contributed by atoms with Crippen molar-refractivity contribution >= 4 is 0 Å². The third-order valence-electron chi connectivity index (χ3n) is 4.24. The summed E-state index contributed by atoms with van der Waals surface area (Å²) in [6.45, 7) is 4.62. The summed E-state index contributed by atoms with van der Waals surface area (Å²) in [7, 11) is 1.87. The van der Waals surface area contributed by atoms with E-state index in [1.54, 1.807) is 0 Å². The summed E-state index contributed by atoms with van der Waals surface area (Å²) in [5, 5.41) is 0. The van der Waals surface area contributed by atoms with Crippen LogP contribution in [0.5, 0.6) is 0 Å². The van der Waals surface area contributed by atoms with Crippen LogP contribution in [0.2, 0.25) is 0 Å². The molecule has 1 saturated carbocycles. The number of methoxy groups -OCH3 is 1. The number of rotatable bonds is 1. The molecule has 0 aliphatic heterocycles. The Balaban J connectivity index is 2.27. The second-order valence-electron chi connectivity index (χ2n) is 4.80. The Kier molecular flexibility index (Phi) is 2.23. The van der Waals surface area contributed by atoms with Gasteiger partial charge in [-0.25, -0.2) is 0 Å². The molecule has 2 bridgehead atoms. The minimum Gasteiger partial charge on any atom is -0.374 e. The van der Waals surface area contributed by atoms with Crippen LogP contribution >= 0.6 is 0 Å². The number of fused-ring (bicyclic) bond motifs is 2. The fraction of sp³-hybridized carbons (Fsp3) is 0.833. The molecule has 3 unspecified atom stereocenters. The monoisotopic (exact) mass is 180 g/mol. The van der Waals surface area contributed by atoms with Crippen LogP contribution < -0.4 is 0 Å². The van der Waals surface area contributed by atoms with E-state index in [-0.39, 0.29) is 5.60 Å². The number of ether oxygens (including phenoxy) is 1.